The molecule has 2 fully saturated rings. The van der Waals surface area contributed by atoms with Crippen molar-refractivity contribution >= 4 is 0 Å². The molecule has 0 aliphatic heterocycles. The molecule has 2 aliphatic rings. The van der Waals surface area contributed by atoms with Crippen LogP contribution in [-0.4, -0.2) is 29.6 Å². The van der Waals surface area contributed by atoms with Gasteiger partial charge >= 0.3 is 0 Å². The van der Waals surface area contributed by atoms with Crippen molar-refractivity contribution in [3.63, 3.8) is 0 Å². The van der Waals surface area contributed by atoms with Gasteiger partial charge in [0.1, 0.15) is 0 Å². The highest BCUT2D eigenvalue weighted by molar-refractivity contribution is 5.07. The third kappa shape index (κ3) is 2.36. The van der Waals surface area contributed by atoms with Gasteiger partial charge in [-0.2, -0.15) is 0 Å². The summed E-state index contributed by atoms with van der Waals surface area (Å²) in [6.07, 6.45) is 8.36. The zero-order valence-corrected chi connectivity index (χ0v) is 10.3. The first-order valence-corrected chi connectivity index (χ1v) is 6.65. The van der Waals surface area contributed by atoms with Crippen molar-refractivity contribution in [3.05, 3.63) is 0 Å². The molecule has 2 rings (SSSR count). The number of nitrogens with two attached hydrogens (primary N) is 1. The number of nitrogens with zero attached hydrogens (tertiary/aromatic N) is 1. The fourth-order valence-corrected chi connectivity index (χ4v) is 3.09. The minimum atomic E-state index is 0.416. The molecule has 0 atom stereocenters. The second-order valence-corrected chi connectivity index (χ2v) is 5.91. The molecular formula is C13H26N2. The lowest BCUT2D eigenvalue weighted by Gasteiger charge is -2.37. The third-order valence-electron chi connectivity index (χ3n) is 4.14. The van der Waals surface area contributed by atoms with Gasteiger partial charge in [-0.3, -0.25) is 4.90 Å². The van der Waals surface area contributed by atoms with Crippen molar-refractivity contribution in [2.24, 2.45) is 11.7 Å². The summed E-state index contributed by atoms with van der Waals surface area (Å²) in [6, 6.07) is 0.846. The maximum atomic E-state index is 5.97. The number of hydrogen-bond donors (Lipinski definition) is 1. The molecule has 2 heteroatoms. The molecule has 0 radical (unpaired) electrons. The fraction of sp³-hybridized carbons (Fsp3) is 1.00. The highest BCUT2D eigenvalue weighted by Gasteiger charge is 2.49. The second-order valence-electron chi connectivity index (χ2n) is 5.91. The Morgan fingerprint density at radius 2 is 1.87 bits per heavy atom. The minimum absolute atomic E-state index is 0.416. The lowest BCUT2D eigenvalue weighted by molar-refractivity contribution is 0.106. The first kappa shape index (κ1) is 11.4. The molecule has 0 aromatic carbocycles. The Morgan fingerprint density at radius 3 is 2.27 bits per heavy atom. The Bertz CT molecular complexity index is 203. The van der Waals surface area contributed by atoms with Crippen molar-refractivity contribution in [3.8, 4) is 0 Å². The number of hydrogen-bond acceptors (Lipinski definition) is 2. The lowest BCUT2D eigenvalue weighted by Crippen LogP contribution is -2.49. The van der Waals surface area contributed by atoms with Crippen LogP contribution in [0.25, 0.3) is 0 Å². The molecule has 88 valence electrons. The Balaban J connectivity index is 2.02. The smallest absolute Gasteiger partial charge is 0.0336 e. The fourth-order valence-electron chi connectivity index (χ4n) is 3.09. The Kier molecular flexibility index (Phi) is 3.36. The largest absolute Gasteiger partial charge is 0.329 e. The summed E-state index contributed by atoms with van der Waals surface area (Å²) < 4.78 is 0. The average molecular weight is 210 g/mol. The molecule has 0 unspecified atom stereocenters. The summed E-state index contributed by atoms with van der Waals surface area (Å²) in [7, 11) is 0. The Morgan fingerprint density at radius 1 is 1.27 bits per heavy atom. The van der Waals surface area contributed by atoms with Crippen LogP contribution >= 0.6 is 0 Å². The van der Waals surface area contributed by atoms with Crippen LogP contribution in [0.4, 0.5) is 0 Å². The van der Waals surface area contributed by atoms with Crippen LogP contribution in [0.1, 0.15) is 52.4 Å². The van der Waals surface area contributed by atoms with Crippen LogP contribution < -0.4 is 5.73 Å². The SMILES string of the molecule is CC(C)CN(C1CCCC1)C1(CN)CC1. The highest BCUT2D eigenvalue weighted by Crippen LogP contribution is 2.44. The first-order valence-electron chi connectivity index (χ1n) is 6.65. The van der Waals surface area contributed by atoms with Crippen molar-refractivity contribution in [2.75, 3.05) is 13.1 Å². The third-order valence-corrected chi connectivity index (χ3v) is 4.14. The van der Waals surface area contributed by atoms with E-state index in [0.29, 0.717) is 5.54 Å². The predicted octanol–water partition coefficient (Wildman–Crippen LogP) is 2.38. The van der Waals surface area contributed by atoms with E-state index in [2.05, 4.69) is 18.7 Å². The van der Waals surface area contributed by atoms with Crippen molar-refractivity contribution in [1.29, 1.82) is 0 Å². The molecule has 0 aromatic heterocycles. The van der Waals surface area contributed by atoms with Gasteiger partial charge in [-0.25, -0.2) is 0 Å². The quantitative estimate of drug-likeness (QED) is 0.755. The standard InChI is InChI=1S/C13H26N2/c1-11(2)9-15(12-5-3-4-6-12)13(10-14)7-8-13/h11-12H,3-10,14H2,1-2H3. The summed E-state index contributed by atoms with van der Waals surface area (Å²) >= 11 is 0. The summed E-state index contributed by atoms with van der Waals surface area (Å²) in [4.78, 5) is 2.77. The van der Waals surface area contributed by atoms with Gasteiger partial charge in [0, 0.05) is 24.7 Å². The summed E-state index contributed by atoms with van der Waals surface area (Å²) in [5.41, 5.74) is 6.39. The van der Waals surface area contributed by atoms with E-state index >= 15 is 0 Å². The van der Waals surface area contributed by atoms with E-state index in [1.54, 1.807) is 0 Å². The van der Waals surface area contributed by atoms with Crippen LogP contribution in [0.5, 0.6) is 0 Å². The lowest BCUT2D eigenvalue weighted by atomic mass is 10.1. The van der Waals surface area contributed by atoms with E-state index in [1.165, 1.54) is 45.1 Å². The van der Waals surface area contributed by atoms with E-state index in [0.717, 1.165) is 18.5 Å². The molecule has 15 heavy (non-hydrogen) atoms. The molecular weight excluding hydrogens is 184 g/mol. The van der Waals surface area contributed by atoms with Gasteiger partial charge in [-0.1, -0.05) is 26.7 Å². The van der Waals surface area contributed by atoms with Crippen LogP contribution in [0.3, 0.4) is 0 Å². The monoisotopic (exact) mass is 210 g/mol. The molecule has 0 aromatic rings. The van der Waals surface area contributed by atoms with Crippen molar-refractivity contribution < 1.29 is 0 Å². The van der Waals surface area contributed by atoms with E-state index < -0.39 is 0 Å². The number of rotatable bonds is 5. The summed E-state index contributed by atoms with van der Waals surface area (Å²) in [6.45, 7) is 6.78. The van der Waals surface area contributed by atoms with Gasteiger partial charge < -0.3 is 5.73 Å². The zero-order valence-electron chi connectivity index (χ0n) is 10.3. The van der Waals surface area contributed by atoms with E-state index in [-0.39, 0.29) is 0 Å². The van der Waals surface area contributed by atoms with E-state index in [4.69, 9.17) is 5.73 Å². The van der Waals surface area contributed by atoms with Crippen molar-refractivity contribution in [1.82, 2.24) is 4.90 Å². The molecule has 0 heterocycles. The molecule has 0 saturated heterocycles. The molecule has 2 saturated carbocycles. The van der Waals surface area contributed by atoms with E-state index in [1.807, 2.05) is 0 Å². The molecule has 2 N–H and O–H groups in total. The van der Waals surface area contributed by atoms with Gasteiger partial charge in [0.15, 0.2) is 0 Å². The highest BCUT2D eigenvalue weighted by atomic mass is 15.3. The normalized spacial score (nSPS) is 25.4. The topological polar surface area (TPSA) is 29.3 Å². The Labute approximate surface area is 94.2 Å². The maximum absolute atomic E-state index is 5.97. The Hall–Kier alpha value is -0.0800. The molecule has 0 amide bonds. The van der Waals surface area contributed by atoms with Gasteiger partial charge in [0.05, 0.1) is 0 Å². The van der Waals surface area contributed by atoms with Crippen LogP contribution in [0.2, 0.25) is 0 Å². The minimum Gasteiger partial charge on any atom is -0.329 e. The molecule has 2 nitrogen and oxygen atoms in total. The maximum Gasteiger partial charge on any atom is 0.0336 e. The first-order chi connectivity index (χ1) is 7.18. The van der Waals surface area contributed by atoms with Crippen LogP contribution in [-0.2, 0) is 0 Å². The molecule has 0 bridgehead atoms. The molecule has 2 aliphatic carbocycles. The van der Waals surface area contributed by atoms with Crippen molar-refractivity contribution in [2.45, 2.75) is 64.0 Å². The van der Waals surface area contributed by atoms with Gasteiger partial charge in [0.25, 0.3) is 0 Å². The zero-order chi connectivity index (χ0) is 10.9. The summed E-state index contributed by atoms with van der Waals surface area (Å²) in [5, 5.41) is 0. The molecule has 0 spiro atoms. The second kappa shape index (κ2) is 4.42. The predicted molar refractivity (Wildman–Crippen MR) is 64.8 cm³/mol. The summed E-state index contributed by atoms with van der Waals surface area (Å²) in [5.74, 6) is 0.773. The van der Waals surface area contributed by atoms with Gasteiger partial charge in [-0.05, 0) is 31.6 Å². The van der Waals surface area contributed by atoms with Crippen LogP contribution in [0, 0.1) is 5.92 Å². The van der Waals surface area contributed by atoms with Crippen LogP contribution in [0.15, 0.2) is 0 Å². The van der Waals surface area contributed by atoms with E-state index in [9.17, 15) is 0 Å². The van der Waals surface area contributed by atoms with Gasteiger partial charge in [0.2, 0.25) is 0 Å². The van der Waals surface area contributed by atoms with Gasteiger partial charge in [-0.15, -0.1) is 0 Å². The average Bonchev–Trinajstić information content (AvgIpc) is 2.81.